The average molecular weight is 545 g/mol. The zero-order valence-corrected chi connectivity index (χ0v) is 22.1. The van der Waals surface area contributed by atoms with Gasteiger partial charge in [0.15, 0.2) is 18.1 Å². The number of hydrogen-bond donors (Lipinski definition) is 3. The van der Waals surface area contributed by atoms with Crippen LogP contribution in [0.15, 0.2) is 72.4 Å². The van der Waals surface area contributed by atoms with E-state index in [2.05, 4.69) is 16.0 Å². The van der Waals surface area contributed by atoms with Crippen LogP contribution in [0, 0.1) is 6.92 Å². The van der Waals surface area contributed by atoms with E-state index in [0.717, 1.165) is 10.5 Å². The van der Waals surface area contributed by atoms with Crippen LogP contribution in [0.4, 0.5) is 16.2 Å². The lowest BCUT2D eigenvalue weighted by atomic mass is 10.1. The second-order valence-electron chi connectivity index (χ2n) is 8.74. The summed E-state index contributed by atoms with van der Waals surface area (Å²) in [5.41, 5.74) is 2.67. The van der Waals surface area contributed by atoms with Gasteiger partial charge in [-0.1, -0.05) is 35.9 Å². The molecule has 1 saturated heterocycles. The smallest absolute Gasteiger partial charge is 0.329 e. The van der Waals surface area contributed by atoms with Crippen LogP contribution in [0.3, 0.4) is 0 Å². The highest BCUT2D eigenvalue weighted by atomic mass is 16.5. The lowest BCUT2D eigenvalue weighted by molar-refractivity contribution is -0.127. The number of benzene rings is 3. The van der Waals surface area contributed by atoms with Crippen LogP contribution in [0.1, 0.15) is 11.1 Å². The lowest BCUT2D eigenvalue weighted by Gasteiger charge is -2.13. The standard InChI is InChI=1S/C29H28N4O7/c1-18-8-11-20(12-9-18)30-27(35)17-40-24-13-10-19(15-25(24)39-3)14-22-28(36)33(29(37)32-22)16-26(34)31-21-6-4-5-7-23(21)38-2/h4-15H,16-17H2,1-3H3,(H,30,35)(H,31,34)(H,32,37)/b22-14+. The summed E-state index contributed by atoms with van der Waals surface area (Å²) in [6.07, 6.45) is 1.45. The molecule has 1 heterocycles. The summed E-state index contributed by atoms with van der Waals surface area (Å²) < 4.78 is 16.2. The fourth-order valence-electron chi connectivity index (χ4n) is 3.83. The molecule has 0 radical (unpaired) electrons. The van der Waals surface area contributed by atoms with E-state index >= 15 is 0 Å². The number of hydrogen-bond acceptors (Lipinski definition) is 7. The Balaban J connectivity index is 1.38. The summed E-state index contributed by atoms with van der Waals surface area (Å²) in [7, 11) is 2.91. The van der Waals surface area contributed by atoms with Crippen molar-refractivity contribution in [1.82, 2.24) is 10.2 Å². The van der Waals surface area contributed by atoms with Gasteiger partial charge in [0.1, 0.15) is 18.0 Å². The van der Waals surface area contributed by atoms with Gasteiger partial charge in [0.2, 0.25) is 5.91 Å². The molecule has 1 aliphatic heterocycles. The summed E-state index contributed by atoms with van der Waals surface area (Å²) in [4.78, 5) is 50.9. The molecule has 11 heteroatoms. The highest BCUT2D eigenvalue weighted by Gasteiger charge is 2.35. The Morgan fingerprint density at radius 2 is 1.60 bits per heavy atom. The van der Waals surface area contributed by atoms with Crippen molar-refractivity contribution in [1.29, 1.82) is 0 Å². The average Bonchev–Trinajstić information content (AvgIpc) is 3.20. The lowest BCUT2D eigenvalue weighted by Crippen LogP contribution is -2.38. The van der Waals surface area contributed by atoms with Crippen molar-refractivity contribution in [2.24, 2.45) is 0 Å². The second-order valence-corrected chi connectivity index (χ2v) is 8.74. The third-order valence-electron chi connectivity index (χ3n) is 5.84. The molecule has 1 aliphatic rings. The number of rotatable bonds is 10. The van der Waals surface area contributed by atoms with Crippen molar-refractivity contribution in [3.63, 3.8) is 0 Å². The van der Waals surface area contributed by atoms with Crippen LogP contribution in [0.5, 0.6) is 17.2 Å². The predicted octanol–water partition coefficient (Wildman–Crippen LogP) is 3.56. The Morgan fingerprint density at radius 3 is 2.33 bits per heavy atom. The molecule has 3 aromatic carbocycles. The van der Waals surface area contributed by atoms with Crippen LogP contribution in [-0.4, -0.2) is 56.0 Å². The zero-order chi connectivity index (χ0) is 28.6. The van der Waals surface area contributed by atoms with Gasteiger partial charge in [-0.15, -0.1) is 0 Å². The summed E-state index contributed by atoms with van der Waals surface area (Å²) >= 11 is 0. The van der Waals surface area contributed by atoms with Gasteiger partial charge in [-0.2, -0.15) is 0 Å². The van der Waals surface area contributed by atoms with Gasteiger partial charge < -0.3 is 30.2 Å². The van der Waals surface area contributed by atoms with Crippen molar-refractivity contribution in [2.75, 3.05) is 38.0 Å². The van der Waals surface area contributed by atoms with E-state index in [1.165, 1.54) is 20.3 Å². The van der Waals surface area contributed by atoms with E-state index < -0.39 is 24.4 Å². The fraction of sp³-hybridized carbons (Fsp3) is 0.172. The number of methoxy groups -OCH3 is 2. The number of imide groups is 1. The normalized spacial score (nSPS) is 13.6. The van der Waals surface area contributed by atoms with Crippen LogP contribution >= 0.6 is 0 Å². The van der Waals surface area contributed by atoms with Gasteiger partial charge in [-0.25, -0.2) is 9.69 Å². The van der Waals surface area contributed by atoms with Crippen molar-refractivity contribution in [3.8, 4) is 17.2 Å². The Kier molecular flexibility index (Phi) is 8.65. The summed E-state index contributed by atoms with van der Waals surface area (Å²) in [6, 6.07) is 18.3. The number of anilines is 2. The minimum atomic E-state index is -0.724. The molecule has 0 atom stereocenters. The maximum absolute atomic E-state index is 12.9. The first-order valence-corrected chi connectivity index (χ1v) is 12.2. The number of nitrogens with zero attached hydrogens (tertiary/aromatic N) is 1. The molecular formula is C29H28N4O7. The Labute approximate surface area is 230 Å². The fourth-order valence-corrected chi connectivity index (χ4v) is 3.83. The third kappa shape index (κ3) is 6.76. The summed E-state index contributed by atoms with van der Waals surface area (Å²) in [5, 5.41) is 7.87. The van der Waals surface area contributed by atoms with E-state index in [-0.39, 0.29) is 18.2 Å². The predicted molar refractivity (Wildman–Crippen MR) is 148 cm³/mol. The van der Waals surface area contributed by atoms with Crippen molar-refractivity contribution >= 4 is 41.2 Å². The molecule has 0 unspecified atom stereocenters. The van der Waals surface area contributed by atoms with Gasteiger partial charge in [0, 0.05) is 5.69 Å². The van der Waals surface area contributed by atoms with Gasteiger partial charge in [-0.05, 0) is 55.0 Å². The molecule has 3 aromatic rings. The minimum Gasteiger partial charge on any atom is -0.495 e. The number of carbonyl (C=O) groups excluding carboxylic acids is 4. The molecule has 0 aliphatic carbocycles. The minimum absolute atomic E-state index is 0.0108. The van der Waals surface area contributed by atoms with Crippen LogP contribution in [0.25, 0.3) is 6.08 Å². The highest BCUT2D eigenvalue weighted by molar-refractivity contribution is 6.16. The number of para-hydroxylation sites is 2. The molecular weight excluding hydrogens is 516 g/mol. The third-order valence-corrected chi connectivity index (χ3v) is 5.84. The van der Waals surface area contributed by atoms with Gasteiger partial charge in [0.05, 0.1) is 19.9 Å². The molecule has 5 amide bonds. The largest absolute Gasteiger partial charge is 0.495 e. The summed E-state index contributed by atoms with van der Waals surface area (Å²) in [5.74, 6) is -0.480. The van der Waals surface area contributed by atoms with E-state index in [9.17, 15) is 19.2 Å². The van der Waals surface area contributed by atoms with Gasteiger partial charge >= 0.3 is 6.03 Å². The van der Waals surface area contributed by atoms with E-state index in [4.69, 9.17) is 14.2 Å². The van der Waals surface area contributed by atoms with E-state index in [1.807, 2.05) is 19.1 Å². The highest BCUT2D eigenvalue weighted by Crippen LogP contribution is 2.29. The van der Waals surface area contributed by atoms with Crippen LogP contribution in [-0.2, 0) is 14.4 Å². The maximum Gasteiger partial charge on any atom is 0.329 e. The molecule has 1 fully saturated rings. The molecule has 0 spiro atoms. The quantitative estimate of drug-likeness (QED) is 0.262. The zero-order valence-electron chi connectivity index (χ0n) is 22.1. The Bertz CT molecular complexity index is 1470. The van der Waals surface area contributed by atoms with Crippen LogP contribution in [0.2, 0.25) is 0 Å². The number of ether oxygens (including phenoxy) is 3. The Morgan fingerprint density at radius 1 is 0.875 bits per heavy atom. The number of carbonyl (C=O) groups is 4. The molecule has 0 aromatic heterocycles. The van der Waals surface area contributed by atoms with Gasteiger partial charge in [-0.3, -0.25) is 14.4 Å². The molecule has 11 nitrogen and oxygen atoms in total. The monoisotopic (exact) mass is 544 g/mol. The maximum atomic E-state index is 12.9. The molecule has 206 valence electrons. The topological polar surface area (TPSA) is 135 Å². The Hall–Kier alpha value is -5.32. The molecule has 3 N–H and O–H groups in total. The molecule has 0 bridgehead atoms. The first-order chi connectivity index (χ1) is 19.3. The van der Waals surface area contributed by atoms with Gasteiger partial charge in [0.25, 0.3) is 11.8 Å². The van der Waals surface area contributed by atoms with Crippen molar-refractivity contribution in [2.45, 2.75) is 6.92 Å². The van der Waals surface area contributed by atoms with Crippen molar-refractivity contribution < 1.29 is 33.4 Å². The van der Waals surface area contributed by atoms with Crippen molar-refractivity contribution in [3.05, 3.63) is 83.6 Å². The van der Waals surface area contributed by atoms with E-state index in [0.29, 0.717) is 34.2 Å². The summed E-state index contributed by atoms with van der Waals surface area (Å²) in [6.45, 7) is 1.22. The number of nitrogens with one attached hydrogen (secondary N) is 3. The SMILES string of the molecule is COc1ccccc1NC(=O)CN1C(=O)N/C(=C/c2ccc(OCC(=O)Nc3ccc(C)cc3)c(OC)c2)C1=O. The molecule has 40 heavy (non-hydrogen) atoms. The number of urea groups is 1. The number of amides is 5. The first-order valence-electron chi connectivity index (χ1n) is 12.2. The van der Waals surface area contributed by atoms with Crippen LogP contribution < -0.4 is 30.2 Å². The molecule has 0 saturated carbocycles. The molecule has 4 rings (SSSR count). The van der Waals surface area contributed by atoms with E-state index in [1.54, 1.807) is 54.6 Å². The second kappa shape index (κ2) is 12.5. The first kappa shape index (κ1) is 27.7. The number of aryl methyl sites for hydroxylation is 1.